The SMILES string of the molecule is COCc1[nH]nc(C(=O)NCc2cccc(OCF)c2)c1Cc1ccc(Cc2ccc[nH]c2=O)cc1. The molecule has 4 aromatic rings. The molecule has 0 saturated carbocycles. The topological polar surface area (TPSA) is 109 Å². The maximum atomic E-state index is 13.0. The van der Waals surface area contributed by atoms with Gasteiger partial charge in [0.1, 0.15) is 5.75 Å². The van der Waals surface area contributed by atoms with Crippen LogP contribution in [-0.2, 0) is 30.7 Å². The molecular weight excluding hydrogens is 463 g/mol. The van der Waals surface area contributed by atoms with Gasteiger partial charge in [-0.25, -0.2) is 4.39 Å². The number of ether oxygens (including phenoxy) is 2. The van der Waals surface area contributed by atoms with Crippen LogP contribution in [-0.4, -0.2) is 35.1 Å². The minimum Gasteiger partial charge on any atom is -0.463 e. The Hall–Kier alpha value is -4.24. The molecule has 2 aromatic carbocycles. The predicted molar refractivity (Wildman–Crippen MR) is 133 cm³/mol. The summed E-state index contributed by atoms with van der Waals surface area (Å²) >= 11 is 0. The van der Waals surface area contributed by atoms with Crippen LogP contribution in [0.1, 0.15) is 44.0 Å². The van der Waals surface area contributed by atoms with Crippen LogP contribution in [0.25, 0.3) is 0 Å². The Kier molecular flexibility index (Phi) is 8.25. The molecule has 9 heteroatoms. The van der Waals surface area contributed by atoms with Gasteiger partial charge in [0.15, 0.2) is 5.69 Å². The number of hydrogen-bond acceptors (Lipinski definition) is 5. The first-order valence-corrected chi connectivity index (χ1v) is 11.4. The molecule has 0 aliphatic heterocycles. The van der Waals surface area contributed by atoms with E-state index < -0.39 is 6.86 Å². The number of halogens is 1. The maximum absolute atomic E-state index is 13.0. The zero-order chi connectivity index (χ0) is 25.3. The molecule has 0 bridgehead atoms. The Labute approximate surface area is 207 Å². The van der Waals surface area contributed by atoms with E-state index in [2.05, 4.69) is 20.5 Å². The highest BCUT2D eigenvalue weighted by atomic mass is 19.1. The number of alkyl halides is 1. The minimum absolute atomic E-state index is 0.0958. The van der Waals surface area contributed by atoms with E-state index in [1.165, 1.54) is 0 Å². The summed E-state index contributed by atoms with van der Waals surface area (Å²) in [5, 5.41) is 10.0. The van der Waals surface area contributed by atoms with Crippen molar-refractivity contribution in [2.75, 3.05) is 14.0 Å². The van der Waals surface area contributed by atoms with Crippen molar-refractivity contribution < 1.29 is 18.7 Å². The van der Waals surface area contributed by atoms with Crippen LogP contribution in [0.15, 0.2) is 71.7 Å². The minimum atomic E-state index is -0.916. The van der Waals surface area contributed by atoms with Crippen molar-refractivity contribution in [1.82, 2.24) is 20.5 Å². The van der Waals surface area contributed by atoms with Gasteiger partial charge in [-0.05, 0) is 34.9 Å². The zero-order valence-electron chi connectivity index (χ0n) is 19.8. The number of benzene rings is 2. The Bertz CT molecular complexity index is 1360. The van der Waals surface area contributed by atoms with Crippen molar-refractivity contribution in [2.45, 2.75) is 26.0 Å². The smallest absolute Gasteiger partial charge is 0.272 e. The van der Waals surface area contributed by atoms with E-state index in [9.17, 15) is 14.0 Å². The third kappa shape index (κ3) is 6.25. The fourth-order valence-electron chi connectivity index (χ4n) is 3.91. The fraction of sp³-hybridized carbons (Fsp3) is 0.222. The van der Waals surface area contributed by atoms with Crippen molar-refractivity contribution in [1.29, 1.82) is 0 Å². The standard InChI is InChI=1S/C27H27FN4O4/c1-35-16-24-23(14-19-9-7-18(8-10-19)12-21-5-3-11-29-26(21)33)25(32-31-24)27(34)30-15-20-4-2-6-22(13-20)36-17-28/h2-11,13H,12,14-17H2,1H3,(H,29,33)(H,30,34)(H,31,32). The lowest BCUT2D eigenvalue weighted by molar-refractivity contribution is 0.0945. The predicted octanol–water partition coefficient (Wildman–Crippen LogP) is 3.66. The largest absolute Gasteiger partial charge is 0.463 e. The number of aromatic nitrogens is 3. The molecule has 0 unspecified atom stereocenters. The number of nitrogens with one attached hydrogen (secondary N) is 3. The second-order valence-corrected chi connectivity index (χ2v) is 8.24. The van der Waals surface area contributed by atoms with Gasteiger partial charge in [0.05, 0.1) is 12.3 Å². The number of carbonyl (C=O) groups excluding carboxylic acids is 1. The molecule has 2 heterocycles. The van der Waals surface area contributed by atoms with E-state index in [1.807, 2.05) is 42.5 Å². The lowest BCUT2D eigenvalue weighted by Gasteiger charge is -2.09. The summed E-state index contributed by atoms with van der Waals surface area (Å²) < 4.78 is 22.6. The third-order valence-corrected chi connectivity index (χ3v) is 5.73. The summed E-state index contributed by atoms with van der Waals surface area (Å²) in [7, 11) is 1.58. The van der Waals surface area contributed by atoms with Gasteiger partial charge in [-0.15, -0.1) is 0 Å². The number of nitrogens with zero attached hydrogens (tertiary/aromatic N) is 1. The highest BCUT2D eigenvalue weighted by Gasteiger charge is 2.20. The molecule has 186 valence electrons. The highest BCUT2D eigenvalue weighted by molar-refractivity contribution is 5.94. The van der Waals surface area contributed by atoms with Crippen molar-refractivity contribution in [3.05, 3.63) is 116 Å². The summed E-state index contributed by atoms with van der Waals surface area (Å²) in [6, 6.07) is 18.4. The fourth-order valence-corrected chi connectivity index (χ4v) is 3.91. The van der Waals surface area contributed by atoms with Crippen LogP contribution >= 0.6 is 0 Å². The lowest BCUT2D eigenvalue weighted by atomic mass is 9.99. The second kappa shape index (κ2) is 11.9. The third-order valence-electron chi connectivity index (χ3n) is 5.73. The molecule has 8 nitrogen and oxygen atoms in total. The summed E-state index contributed by atoms with van der Waals surface area (Å²) in [4.78, 5) is 27.6. The van der Waals surface area contributed by atoms with Crippen molar-refractivity contribution in [3.8, 4) is 5.75 Å². The van der Waals surface area contributed by atoms with Gasteiger partial charge in [0, 0.05) is 43.8 Å². The van der Waals surface area contributed by atoms with Crippen LogP contribution in [0, 0.1) is 0 Å². The molecule has 0 radical (unpaired) electrons. The lowest BCUT2D eigenvalue weighted by Crippen LogP contribution is -2.24. The van der Waals surface area contributed by atoms with Gasteiger partial charge in [-0.3, -0.25) is 14.7 Å². The van der Waals surface area contributed by atoms with Gasteiger partial charge in [-0.1, -0.05) is 42.5 Å². The van der Waals surface area contributed by atoms with E-state index in [4.69, 9.17) is 9.47 Å². The Morgan fingerprint density at radius 2 is 1.81 bits per heavy atom. The van der Waals surface area contributed by atoms with Crippen LogP contribution in [0.3, 0.4) is 0 Å². The Morgan fingerprint density at radius 3 is 2.53 bits per heavy atom. The molecule has 1 amide bonds. The average molecular weight is 491 g/mol. The van der Waals surface area contributed by atoms with E-state index in [0.29, 0.717) is 24.2 Å². The first-order chi connectivity index (χ1) is 17.6. The number of carbonyl (C=O) groups is 1. The summed E-state index contributed by atoms with van der Waals surface area (Å²) in [5.41, 5.74) is 5.14. The molecule has 2 aromatic heterocycles. The molecular formula is C27H27FN4O4. The number of amides is 1. The molecule has 36 heavy (non-hydrogen) atoms. The Balaban J connectivity index is 1.47. The van der Waals surface area contributed by atoms with Gasteiger partial charge >= 0.3 is 0 Å². The summed E-state index contributed by atoms with van der Waals surface area (Å²) in [5.74, 6) is 0.0627. The Morgan fingerprint density at radius 1 is 1.03 bits per heavy atom. The number of H-pyrrole nitrogens is 2. The zero-order valence-corrected chi connectivity index (χ0v) is 19.8. The molecule has 0 atom stereocenters. The van der Waals surface area contributed by atoms with E-state index in [0.717, 1.165) is 27.9 Å². The molecule has 0 aliphatic rings. The van der Waals surface area contributed by atoms with Gasteiger partial charge < -0.3 is 19.8 Å². The highest BCUT2D eigenvalue weighted by Crippen LogP contribution is 2.20. The number of hydrogen-bond donors (Lipinski definition) is 3. The van der Waals surface area contributed by atoms with E-state index in [1.54, 1.807) is 31.5 Å². The molecule has 4 rings (SSSR count). The monoisotopic (exact) mass is 490 g/mol. The first kappa shape index (κ1) is 24.9. The summed E-state index contributed by atoms with van der Waals surface area (Å²) in [6.07, 6.45) is 2.62. The quantitative estimate of drug-likeness (QED) is 0.297. The molecule has 0 aliphatic carbocycles. The second-order valence-electron chi connectivity index (χ2n) is 8.24. The number of pyridine rings is 1. The normalized spacial score (nSPS) is 10.8. The van der Waals surface area contributed by atoms with Crippen LogP contribution in [0.4, 0.5) is 4.39 Å². The maximum Gasteiger partial charge on any atom is 0.272 e. The van der Waals surface area contributed by atoms with Gasteiger partial charge in [0.25, 0.3) is 11.5 Å². The van der Waals surface area contributed by atoms with Gasteiger partial charge in [-0.2, -0.15) is 5.10 Å². The number of methoxy groups -OCH3 is 1. The van der Waals surface area contributed by atoms with Crippen molar-refractivity contribution in [3.63, 3.8) is 0 Å². The van der Waals surface area contributed by atoms with Crippen LogP contribution in [0.2, 0.25) is 0 Å². The molecule has 3 N–H and O–H groups in total. The summed E-state index contributed by atoms with van der Waals surface area (Å²) in [6.45, 7) is -0.394. The van der Waals surface area contributed by atoms with Crippen molar-refractivity contribution >= 4 is 5.91 Å². The van der Waals surface area contributed by atoms with Crippen LogP contribution < -0.4 is 15.6 Å². The number of aromatic amines is 2. The van der Waals surface area contributed by atoms with Crippen LogP contribution in [0.5, 0.6) is 5.75 Å². The van der Waals surface area contributed by atoms with E-state index >= 15 is 0 Å². The van der Waals surface area contributed by atoms with E-state index in [-0.39, 0.29) is 30.3 Å². The first-order valence-electron chi connectivity index (χ1n) is 11.4. The van der Waals surface area contributed by atoms with Gasteiger partial charge in [0.2, 0.25) is 6.86 Å². The molecule has 0 spiro atoms. The average Bonchev–Trinajstić information content (AvgIpc) is 3.28. The molecule has 0 saturated heterocycles. The van der Waals surface area contributed by atoms with Crippen molar-refractivity contribution in [2.24, 2.45) is 0 Å². The number of rotatable bonds is 11. The molecule has 0 fully saturated rings.